The van der Waals surface area contributed by atoms with Gasteiger partial charge in [-0.15, -0.1) is 25.3 Å². The van der Waals surface area contributed by atoms with Crippen LogP contribution in [0, 0.1) is 0 Å². The highest BCUT2D eigenvalue weighted by Gasteiger charge is 2.15. The summed E-state index contributed by atoms with van der Waals surface area (Å²) in [5.41, 5.74) is 2.66. The molecule has 19 heavy (non-hydrogen) atoms. The number of benzene rings is 2. The number of hydrogen-bond acceptors (Lipinski definition) is 2. The number of thiol groups is 2. The molecule has 0 heterocycles. The van der Waals surface area contributed by atoms with Crippen molar-refractivity contribution in [2.45, 2.75) is 41.9 Å². The molecule has 0 aliphatic rings. The Morgan fingerprint density at radius 2 is 1.11 bits per heavy atom. The van der Waals surface area contributed by atoms with Crippen molar-refractivity contribution in [2.24, 2.45) is 0 Å². The third-order valence-electron chi connectivity index (χ3n) is 3.64. The van der Waals surface area contributed by atoms with Crippen LogP contribution in [-0.2, 0) is 0 Å². The molecule has 0 N–H and O–H groups in total. The Morgan fingerprint density at radius 3 is 1.47 bits per heavy atom. The van der Waals surface area contributed by atoms with Crippen LogP contribution in [0.2, 0.25) is 0 Å². The van der Waals surface area contributed by atoms with Gasteiger partial charge in [0, 0.05) is 9.79 Å². The minimum Gasteiger partial charge on any atom is -0.143 e. The molecule has 0 saturated heterocycles. The lowest BCUT2D eigenvalue weighted by Crippen LogP contribution is -2.02. The minimum atomic E-state index is 0.497. The highest BCUT2D eigenvalue weighted by molar-refractivity contribution is 7.80. The summed E-state index contributed by atoms with van der Waals surface area (Å²) in [5.74, 6) is 0.994. The Hall–Kier alpha value is -0.860. The van der Waals surface area contributed by atoms with Crippen molar-refractivity contribution in [3.05, 3.63) is 59.7 Å². The monoisotopic (exact) mass is 288 g/mol. The quantitative estimate of drug-likeness (QED) is 0.676. The second kappa shape index (κ2) is 6.53. The SMILES string of the molecule is CC(CC(C)c1ccccc1S)c1ccccc1S. The smallest absolute Gasteiger partial charge is 0.00747 e. The lowest BCUT2D eigenvalue weighted by atomic mass is 9.87. The van der Waals surface area contributed by atoms with Crippen molar-refractivity contribution in [1.82, 2.24) is 0 Å². The van der Waals surface area contributed by atoms with Crippen molar-refractivity contribution in [1.29, 1.82) is 0 Å². The molecule has 2 unspecified atom stereocenters. The summed E-state index contributed by atoms with van der Waals surface area (Å²) < 4.78 is 0. The van der Waals surface area contributed by atoms with Crippen molar-refractivity contribution in [3.63, 3.8) is 0 Å². The topological polar surface area (TPSA) is 0 Å². The Bertz CT molecular complexity index is 499. The van der Waals surface area contributed by atoms with E-state index in [4.69, 9.17) is 0 Å². The summed E-state index contributed by atoms with van der Waals surface area (Å²) in [7, 11) is 0. The summed E-state index contributed by atoms with van der Waals surface area (Å²) in [6, 6.07) is 16.7. The maximum atomic E-state index is 4.55. The zero-order chi connectivity index (χ0) is 13.8. The number of hydrogen-bond donors (Lipinski definition) is 2. The third-order valence-corrected chi connectivity index (χ3v) is 4.46. The van der Waals surface area contributed by atoms with Crippen molar-refractivity contribution >= 4 is 25.3 Å². The molecule has 0 spiro atoms. The van der Waals surface area contributed by atoms with Gasteiger partial charge in [0.25, 0.3) is 0 Å². The van der Waals surface area contributed by atoms with Crippen LogP contribution in [0.15, 0.2) is 58.3 Å². The summed E-state index contributed by atoms with van der Waals surface area (Å²) in [6.45, 7) is 4.54. The van der Waals surface area contributed by atoms with E-state index in [1.807, 2.05) is 12.1 Å². The van der Waals surface area contributed by atoms with Gasteiger partial charge in [-0.1, -0.05) is 50.2 Å². The fourth-order valence-electron chi connectivity index (χ4n) is 2.59. The second-order valence-electron chi connectivity index (χ2n) is 5.16. The zero-order valence-corrected chi connectivity index (χ0v) is 13.2. The summed E-state index contributed by atoms with van der Waals surface area (Å²) in [5, 5.41) is 0. The number of rotatable bonds is 4. The van der Waals surface area contributed by atoms with Crippen LogP contribution < -0.4 is 0 Å². The first kappa shape index (κ1) is 14.5. The molecule has 0 aliphatic heterocycles. The average Bonchev–Trinajstić information content (AvgIpc) is 2.39. The first-order valence-corrected chi connectivity index (χ1v) is 7.54. The van der Waals surface area contributed by atoms with Crippen LogP contribution in [0.1, 0.15) is 43.2 Å². The van der Waals surface area contributed by atoms with E-state index in [1.54, 1.807) is 0 Å². The fourth-order valence-corrected chi connectivity index (χ4v) is 3.35. The molecule has 0 aliphatic carbocycles. The Morgan fingerprint density at radius 1 is 0.737 bits per heavy atom. The van der Waals surface area contributed by atoms with Gasteiger partial charge in [-0.2, -0.15) is 0 Å². The van der Waals surface area contributed by atoms with Gasteiger partial charge >= 0.3 is 0 Å². The van der Waals surface area contributed by atoms with Crippen LogP contribution in [0.4, 0.5) is 0 Å². The molecule has 2 aromatic rings. The molecular weight excluding hydrogens is 268 g/mol. The molecule has 0 saturated carbocycles. The van der Waals surface area contributed by atoms with Crippen LogP contribution in [0.5, 0.6) is 0 Å². The van der Waals surface area contributed by atoms with E-state index in [0.717, 1.165) is 16.2 Å². The predicted octanol–water partition coefficient (Wildman–Crippen LogP) is 5.56. The van der Waals surface area contributed by atoms with Crippen LogP contribution in [0.25, 0.3) is 0 Å². The largest absolute Gasteiger partial charge is 0.143 e. The van der Waals surface area contributed by atoms with Gasteiger partial charge in [-0.05, 0) is 41.5 Å². The van der Waals surface area contributed by atoms with Gasteiger partial charge in [0.15, 0.2) is 0 Å². The van der Waals surface area contributed by atoms with Gasteiger partial charge < -0.3 is 0 Å². The minimum absolute atomic E-state index is 0.497. The van der Waals surface area contributed by atoms with Crippen LogP contribution in [0.3, 0.4) is 0 Å². The molecule has 0 amide bonds. The van der Waals surface area contributed by atoms with E-state index in [2.05, 4.69) is 75.5 Å². The fraction of sp³-hybridized carbons (Fsp3) is 0.294. The lowest BCUT2D eigenvalue weighted by molar-refractivity contribution is 0.581. The molecule has 2 atom stereocenters. The summed E-state index contributed by atoms with van der Waals surface area (Å²) >= 11 is 9.10. The molecule has 2 heteroatoms. The molecular formula is C17H20S2. The summed E-state index contributed by atoms with van der Waals surface area (Å²) in [6.07, 6.45) is 1.11. The van der Waals surface area contributed by atoms with Gasteiger partial charge in [0.1, 0.15) is 0 Å². The second-order valence-corrected chi connectivity index (χ2v) is 6.12. The standard InChI is InChI=1S/C17H20S2/c1-12(14-7-3-5-9-16(14)18)11-13(2)15-8-4-6-10-17(15)19/h3-10,12-13,18-19H,11H2,1-2H3. The Balaban J connectivity index is 2.13. The maximum Gasteiger partial charge on any atom is 0.00747 e. The normalized spacial score (nSPS) is 14.1. The van der Waals surface area contributed by atoms with Gasteiger partial charge in [0.2, 0.25) is 0 Å². The third kappa shape index (κ3) is 3.58. The van der Waals surface area contributed by atoms with E-state index in [0.29, 0.717) is 11.8 Å². The van der Waals surface area contributed by atoms with Gasteiger partial charge in [-0.25, -0.2) is 0 Å². The van der Waals surface area contributed by atoms with E-state index in [1.165, 1.54) is 11.1 Å². The molecule has 2 rings (SSSR count). The predicted molar refractivity (Wildman–Crippen MR) is 88.8 cm³/mol. The highest BCUT2D eigenvalue weighted by atomic mass is 32.1. The molecule has 0 bridgehead atoms. The van der Waals surface area contributed by atoms with E-state index >= 15 is 0 Å². The summed E-state index contributed by atoms with van der Waals surface area (Å²) in [4.78, 5) is 2.17. The van der Waals surface area contributed by atoms with E-state index in [-0.39, 0.29) is 0 Å². The molecule has 0 nitrogen and oxygen atoms in total. The first-order valence-electron chi connectivity index (χ1n) is 6.65. The highest BCUT2D eigenvalue weighted by Crippen LogP contribution is 2.34. The zero-order valence-electron chi connectivity index (χ0n) is 11.4. The van der Waals surface area contributed by atoms with Crippen molar-refractivity contribution in [2.75, 3.05) is 0 Å². The lowest BCUT2D eigenvalue weighted by Gasteiger charge is -2.20. The van der Waals surface area contributed by atoms with Crippen molar-refractivity contribution in [3.8, 4) is 0 Å². The van der Waals surface area contributed by atoms with Crippen molar-refractivity contribution < 1.29 is 0 Å². The maximum absolute atomic E-state index is 4.55. The molecule has 0 aromatic heterocycles. The molecule has 2 aromatic carbocycles. The molecule has 0 radical (unpaired) electrons. The first-order chi connectivity index (χ1) is 9.09. The Labute approximate surface area is 127 Å². The molecule has 0 fully saturated rings. The van der Waals surface area contributed by atoms with Gasteiger partial charge in [0.05, 0.1) is 0 Å². The van der Waals surface area contributed by atoms with Gasteiger partial charge in [-0.3, -0.25) is 0 Å². The van der Waals surface area contributed by atoms with Crippen LogP contribution in [-0.4, -0.2) is 0 Å². The van der Waals surface area contributed by atoms with Crippen LogP contribution >= 0.6 is 25.3 Å². The van der Waals surface area contributed by atoms with E-state index in [9.17, 15) is 0 Å². The average molecular weight is 288 g/mol. The molecule has 100 valence electrons. The Kier molecular flexibility index (Phi) is 5.00. The van der Waals surface area contributed by atoms with E-state index < -0.39 is 0 Å².